The number of carbonyl (C=O) groups is 1. The molecule has 0 bridgehead atoms. The molecule has 156 valence electrons. The van der Waals surface area contributed by atoms with Crippen molar-refractivity contribution in [1.29, 1.82) is 0 Å². The van der Waals surface area contributed by atoms with Gasteiger partial charge in [0.2, 0.25) is 5.91 Å². The lowest BCUT2D eigenvalue weighted by Crippen LogP contribution is -2.30. The number of aromatic nitrogens is 2. The van der Waals surface area contributed by atoms with E-state index in [0.717, 1.165) is 18.7 Å². The van der Waals surface area contributed by atoms with Crippen LogP contribution in [0.25, 0.3) is 10.9 Å². The van der Waals surface area contributed by atoms with Crippen LogP contribution in [0.2, 0.25) is 0 Å². The highest BCUT2D eigenvalue weighted by Gasteiger charge is 2.13. The Labute approximate surface area is 176 Å². The third-order valence-electron chi connectivity index (χ3n) is 5.80. The standard InChI is InChI=1S/C24H28N4O2/c1-18(19-9-11-20(12-10-19)27-14-5-2-6-15-27)26-23(29)13-16-28-17-25-22-8-4-3-7-21(22)24(28)30/h3-4,7-12,17-18H,2,5-6,13-16H2,1H3,(H,26,29)/t18-/m0/s1. The van der Waals surface area contributed by atoms with Crippen molar-refractivity contribution in [2.24, 2.45) is 0 Å². The van der Waals surface area contributed by atoms with Crippen LogP contribution in [0.1, 0.15) is 44.2 Å². The quantitative estimate of drug-likeness (QED) is 0.681. The lowest BCUT2D eigenvalue weighted by atomic mass is 10.1. The predicted octanol–water partition coefficient (Wildman–Crippen LogP) is 3.65. The molecule has 1 atom stereocenters. The second-order valence-electron chi connectivity index (χ2n) is 7.94. The molecule has 1 N–H and O–H groups in total. The lowest BCUT2D eigenvalue weighted by molar-refractivity contribution is -0.121. The van der Waals surface area contributed by atoms with Crippen molar-refractivity contribution in [2.45, 2.75) is 45.2 Å². The molecule has 4 rings (SSSR count). The minimum Gasteiger partial charge on any atom is -0.372 e. The van der Waals surface area contributed by atoms with E-state index in [4.69, 9.17) is 0 Å². The van der Waals surface area contributed by atoms with Crippen LogP contribution < -0.4 is 15.8 Å². The zero-order chi connectivity index (χ0) is 20.9. The van der Waals surface area contributed by atoms with E-state index in [1.807, 2.05) is 25.1 Å². The summed E-state index contributed by atoms with van der Waals surface area (Å²) in [5.41, 5.74) is 2.88. The van der Waals surface area contributed by atoms with Crippen LogP contribution in [0, 0.1) is 0 Å². The zero-order valence-electron chi connectivity index (χ0n) is 17.4. The fraction of sp³-hybridized carbons (Fsp3) is 0.375. The molecule has 1 fully saturated rings. The second kappa shape index (κ2) is 9.11. The third-order valence-corrected chi connectivity index (χ3v) is 5.80. The first-order valence-electron chi connectivity index (χ1n) is 10.7. The summed E-state index contributed by atoms with van der Waals surface area (Å²) in [6.07, 6.45) is 5.57. The molecule has 0 unspecified atom stereocenters. The van der Waals surface area contributed by atoms with E-state index >= 15 is 0 Å². The number of fused-ring (bicyclic) bond motifs is 1. The molecule has 1 aromatic heterocycles. The topological polar surface area (TPSA) is 67.2 Å². The van der Waals surface area contributed by atoms with Gasteiger partial charge in [-0.15, -0.1) is 0 Å². The molecule has 0 spiro atoms. The van der Waals surface area contributed by atoms with E-state index in [2.05, 4.69) is 39.5 Å². The summed E-state index contributed by atoms with van der Waals surface area (Å²) in [5, 5.41) is 3.61. The predicted molar refractivity (Wildman–Crippen MR) is 120 cm³/mol. The average molecular weight is 405 g/mol. The minimum atomic E-state index is -0.116. The molecular formula is C24H28N4O2. The molecule has 1 saturated heterocycles. The minimum absolute atomic E-state index is 0.0809. The van der Waals surface area contributed by atoms with E-state index in [1.165, 1.54) is 35.8 Å². The summed E-state index contributed by atoms with van der Waals surface area (Å²) in [5.74, 6) is -0.0809. The van der Waals surface area contributed by atoms with Gasteiger partial charge in [0.1, 0.15) is 0 Å². The van der Waals surface area contributed by atoms with Crippen LogP contribution in [-0.4, -0.2) is 28.5 Å². The Hall–Kier alpha value is -3.15. The van der Waals surface area contributed by atoms with Crippen molar-refractivity contribution < 1.29 is 4.79 Å². The fourth-order valence-electron chi connectivity index (χ4n) is 4.01. The summed E-state index contributed by atoms with van der Waals surface area (Å²) in [6, 6.07) is 15.6. The number of carbonyl (C=O) groups excluding carboxylic acids is 1. The van der Waals surface area contributed by atoms with E-state index in [1.54, 1.807) is 6.07 Å². The van der Waals surface area contributed by atoms with Crippen LogP contribution in [0.5, 0.6) is 0 Å². The number of rotatable bonds is 6. The van der Waals surface area contributed by atoms with Crippen LogP contribution in [0.4, 0.5) is 5.69 Å². The molecular weight excluding hydrogens is 376 g/mol. The van der Waals surface area contributed by atoms with Crippen molar-refractivity contribution in [3.05, 3.63) is 70.8 Å². The average Bonchev–Trinajstić information content (AvgIpc) is 2.79. The Kier molecular flexibility index (Phi) is 6.12. The maximum atomic E-state index is 12.5. The van der Waals surface area contributed by atoms with Gasteiger partial charge in [-0.25, -0.2) is 4.98 Å². The van der Waals surface area contributed by atoms with Gasteiger partial charge in [0.05, 0.1) is 23.3 Å². The normalized spacial score (nSPS) is 15.2. The number of para-hydroxylation sites is 1. The first kappa shape index (κ1) is 20.1. The first-order valence-corrected chi connectivity index (χ1v) is 10.7. The summed E-state index contributed by atoms with van der Waals surface area (Å²) in [4.78, 5) is 31.7. The van der Waals surface area contributed by atoms with Crippen molar-refractivity contribution in [3.8, 4) is 0 Å². The van der Waals surface area contributed by atoms with Gasteiger partial charge >= 0.3 is 0 Å². The summed E-state index contributed by atoms with van der Waals surface area (Å²) >= 11 is 0. The molecule has 6 nitrogen and oxygen atoms in total. The van der Waals surface area contributed by atoms with E-state index < -0.39 is 0 Å². The van der Waals surface area contributed by atoms with Crippen LogP contribution in [0.3, 0.4) is 0 Å². The molecule has 0 saturated carbocycles. The number of hydrogen-bond acceptors (Lipinski definition) is 4. The number of nitrogens with one attached hydrogen (secondary N) is 1. The molecule has 1 aliphatic rings. The van der Waals surface area contributed by atoms with Crippen molar-refractivity contribution in [2.75, 3.05) is 18.0 Å². The number of anilines is 1. The molecule has 3 aromatic rings. The molecule has 1 aliphatic heterocycles. The highest BCUT2D eigenvalue weighted by atomic mass is 16.2. The maximum Gasteiger partial charge on any atom is 0.261 e. The lowest BCUT2D eigenvalue weighted by Gasteiger charge is -2.29. The van der Waals surface area contributed by atoms with E-state index in [-0.39, 0.29) is 23.9 Å². The van der Waals surface area contributed by atoms with Crippen LogP contribution in [0.15, 0.2) is 59.7 Å². The monoisotopic (exact) mass is 404 g/mol. The number of piperidine rings is 1. The van der Waals surface area contributed by atoms with Gasteiger partial charge in [-0.2, -0.15) is 0 Å². The second-order valence-corrected chi connectivity index (χ2v) is 7.94. The summed E-state index contributed by atoms with van der Waals surface area (Å²) < 4.78 is 1.50. The summed E-state index contributed by atoms with van der Waals surface area (Å²) in [6.45, 7) is 4.53. The van der Waals surface area contributed by atoms with Gasteiger partial charge in [0, 0.05) is 31.7 Å². The SMILES string of the molecule is C[C@H](NC(=O)CCn1cnc2ccccc2c1=O)c1ccc(N2CCCCC2)cc1. The number of nitrogens with zero attached hydrogens (tertiary/aromatic N) is 3. The molecule has 0 aliphatic carbocycles. The number of amides is 1. The fourth-order valence-corrected chi connectivity index (χ4v) is 4.01. The molecule has 2 heterocycles. The molecule has 30 heavy (non-hydrogen) atoms. The number of benzene rings is 2. The van der Waals surface area contributed by atoms with Crippen LogP contribution >= 0.6 is 0 Å². The molecule has 1 amide bonds. The van der Waals surface area contributed by atoms with E-state index in [9.17, 15) is 9.59 Å². The van der Waals surface area contributed by atoms with Gasteiger partial charge in [0.25, 0.3) is 5.56 Å². The smallest absolute Gasteiger partial charge is 0.261 e. The van der Waals surface area contributed by atoms with E-state index in [0.29, 0.717) is 17.4 Å². The van der Waals surface area contributed by atoms with Crippen molar-refractivity contribution in [1.82, 2.24) is 14.9 Å². The van der Waals surface area contributed by atoms with Crippen LogP contribution in [-0.2, 0) is 11.3 Å². The Morgan fingerprint density at radius 2 is 1.80 bits per heavy atom. The Bertz CT molecular complexity index is 1070. The number of hydrogen-bond donors (Lipinski definition) is 1. The van der Waals surface area contributed by atoms with Gasteiger partial charge < -0.3 is 10.2 Å². The Balaban J connectivity index is 1.33. The van der Waals surface area contributed by atoms with Gasteiger partial charge in [0.15, 0.2) is 0 Å². The Morgan fingerprint density at radius 3 is 2.57 bits per heavy atom. The number of aryl methyl sites for hydroxylation is 1. The summed E-state index contributed by atoms with van der Waals surface area (Å²) in [7, 11) is 0. The molecule has 2 aromatic carbocycles. The van der Waals surface area contributed by atoms with Gasteiger partial charge in [-0.05, 0) is 56.0 Å². The molecule has 0 radical (unpaired) electrons. The highest BCUT2D eigenvalue weighted by molar-refractivity contribution is 5.77. The molecule has 6 heteroatoms. The van der Waals surface area contributed by atoms with Gasteiger partial charge in [-0.1, -0.05) is 24.3 Å². The third kappa shape index (κ3) is 4.53. The largest absolute Gasteiger partial charge is 0.372 e. The first-order chi connectivity index (χ1) is 14.6. The van der Waals surface area contributed by atoms with Crippen molar-refractivity contribution in [3.63, 3.8) is 0 Å². The van der Waals surface area contributed by atoms with Crippen molar-refractivity contribution >= 4 is 22.5 Å². The maximum absolute atomic E-state index is 12.5. The highest BCUT2D eigenvalue weighted by Crippen LogP contribution is 2.22. The zero-order valence-corrected chi connectivity index (χ0v) is 17.4. The Morgan fingerprint density at radius 1 is 1.07 bits per heavy atom. The van der Waals surface area contributed by atoms with Gasteiger partial charge in [-0.3, -0.25) is 14.2 Å².